The Hall–Kier alpha value is -7.87. The van der Waals surface area contributed by atoms with Crippen LogP contribution in [-0.2, 0) is 25.9 Å². The number of benzene rings is 2. The average Bonchev–Trinajstić information content (AvgIpc) is 3.99. The standard InChI is InChI=1S/C23H23N7O2.C23H24N6O2.CH4/c1-15-27-21(24)20-22(28-15)30(23(31)29-20)14-17-8-11-19(26-13-17)32-18-9-6-16(7-10-18)5-3-4-12-25-2;1-14-26-21(24)20-22(27-14)29(23(30)28-20)13-17-8-11-19(25-12-17)31-18-9-6-16(7-10-18)5-4-15-2-3-15;/h6-11,13H,3-5,12,14H2,1H3,(H,29,31)(H2,24,27,28);6-12,15H,2-5,13H2,1H3,(H,28,30)(H2,24,26,27);1H4. The number of fused-ring (bicyclic) bond motifs is 2. The second kappa shape index (κ2) is 19.9. The van der Waals surface area contributed by atoms with Gasteiger partial charge in [0.15, 0.2) is 22.9 Å². The van der Waals surface area contributed by atoms with Gasteiger partial charge in [-0.05, 0) is 92.0 Å². The van der Waals surface area contributed by atoms with Gasteiger partial charge in [0.2, 0.25) is 18.3 Å². The largest absolute Gasteiger partial charge is 0.439 e. The SMILES string of the molecule is C.Cc1nc(N)c2[nH]c(=O)n(Cc3ccc(Oc4ccc(CCC5CC5)cc4)nc3)c2n1.[C-]#[N+]CCCCc1ccc(Oc2ccc(Cn3c(=O)[nH]c4c(N)nc(C)nc43)cn2)cc1. The Morgan fingerprint density at radius 1 is 0.656 bits per heavy atom. The monoisotopic (exact) mass is 861 g/mol. The smallest absolute Gasteiger partial charge is 0.328 e. The first-order chi connectivity index (χ1) is 30.6. The van der Waals surface area contributed by atoms with Crippen LogP contribution in [0.25, 0.3) is 27.2 Å². The number of aromatic amines is 2. The Morgan fingerprint density at radius 3 is 1.53 bits per heavy atom. The molecule has 0 saturated heterocycles. The van der Waals surface area contributed by atoms with E-state index >= 15 is 0 Å². The maximum atomic E-state index is 12.4. The number of H-pyrrole nitrogens is 2. The number of nitrogens with zero attached hydrogens (tertiary/aromatic N) is 9. The summed E-state index contributed by atoms with van der Waals surface area (Å²) in [5.74, 6) is 4.88. The molecule has 0 amide bonds. The van der Waals surface area contributed by atoms with E-state index in [-0.39, 0.29) is 30.4 Å². The Kier molecular flexibility index (Phi) is 13.7. The van der Waals surface area contributed by atoms with E-state index in [4.69, 9.17) is 27.5 Å². The maximum Gasteiger partial charge on any atom is 0.328 e. The normalized spacial score (nSPS) is 12.0. The Bertz CT molecular complexity index is 3000. The van der Waals surface area contributed by atoms with Crippen LogP contribution in [0.5, 0.6) is 23.3 Å². The Balaban J connectivity index is 0.000000189. The molecule has 0 aliphatic heterocycles. The van der Waals surface area contributed by atoms with Gasteiger partial charge in [-0.15, -0.1) is 0 Å². The van der Waals surface area contributed by atoms with Crippen LogP contribution in [0.15, 0.2) is 94.8 Å². The van der Waals surface area contributed by atoms with Crippen molar-refractivity contribution in [2.24, 2.45) is 5.92 Å². The van der Waals surface area contributed by atoms with Crippen LogP contribution in [0.2, 0.25) is 0 Å². The summed E-state index contributed by atoms with van der Waals surface area (Å²) in [6.45, 7) is 11.5. The minimum atomic E-state index is -0.305. The minimum absolute atomic E-state index is 0. The summed E-state index contributed by atoms with van der Waals surface area (Å²) in [5, 5.41) is 0. The fraction of sp³-hybridized carbons (Fsp3) is 0.298. The summed E-state index contributed by atoms with van der Waals surface area (Å²) < 4.78 is 14.7. The fourth-order valence-corrected chi connectivity index (χ4v) is 7.10. The molecule has 17 heteroatoms. The van der Waals surface area contributed by atoms with E-state index in [0.29, 0.717) is 71.1 Å². The molecular formula is C47H51N13O4. The lowest BCUT2D eigenvalue weighted by Gasteiger charge is -2.08. The van der Waals surface area contributed by atoms with Crippen molar-refractivity contribution in [3.05, 3.63) is 151 Å². The second-order valence-corrected chi connectivity index (χ2v) is 15.6. The summed E-state index contributed by atoms with van der Waals surface area (Å²) in [5.41, 5.74) is 17.3. The number of aryl methyl sites for hydroxylation is 4. The van der Waals surface area contributed by atoms with Gasteiger partial charge in [-0.25, -0.2) is 46.1 Å². The van der Waals surface area contributed by atoms with E-state index in [2.05, 4.69) is 56.8 Å². The quantitative estimate of drug-likeness (QED) is 0.0574. The molecule has 328 valence electrons. The van der Waals surface area contributed by atoms with E-state index in [1.165, 1.54) is 39.5 Å². The van der Waals surface area contributed by atoms with E-state index < -0.39 is 0 Å². The Morgan fingerprint density at radius 2 is 1.11 bits per heavy atom. The van der Waals surface area contributed by atoms with Gasteiger partial charge in [-0.2, -0.15) is 0 Å². The van der Waals surface area contributed by atoms with Crippen molar-refractivity contribution in [3.8, 4) is 23.3 Å². The van der Waals surface area contributed by atoms with Gasteiger partial charge in [0, 0.05) is 30.9 Å². The minimum Gasteiger partial charge on any atom is -0.439 e. The van der Waals surface area contributed by atoms with Gasteiger partial charge in [0.05, 0.1) is 13.1 Å². The fourth-order valence-electron chi connectivity index (χ4n) is 7.10. The van der Waals surface area contributed by atoms with Crippen LogP contribution >= 0.6 is 0 Å². The number of hydrogen-bond donors (Lipinski definition) is 4. The third-order valence-electron chi connectivity index (χ3n) is 10.6. The molecule has 0 spiro atoms. The predicted octanol–water partition coefficient (Wildman–Crippen LogP) is 7.71. The van der Waals surface area contributed by atoms with E-state index in [9.17, 15) is 9.59 Å². The number of imidazole rings is 2. The molecule has 6 aromatic heterocycles. The molecule has 9 rings (SSSR count). The zero-order valence-electron chi connectivity index (χ0n) is 35.0. The molecule has 8 aromatic rings. The van der Waals surface area contributed by atoms with Crippen molar-refractivity contribution in [1.82, 2.24) is 49.0 Å². The lowest BCUT2D eigenvalue weighted by atomic mass is 10.1. The number of unbranched alkanes of at least 4 members (excludes halogenated alkanes) is 1. The number of aromatic nitrogens is 10. The molecule has 2 aromatic carbocycles. The highest BCUT2D eigenvalue weighted by Crippen LogP contribution is 2.34. The summed E-state index contributed by atoms with van der Waals surface area (Å²) in [6.07, 6.45) is 11.4. The topological polar surface area (TPSA) is 228 Å². The molecule has 6 heterocycles. The van der Waals surface area contributed by atoms with Crippen molar-refractivity contribution in [2.45, 2.75) is 79.3 Å². The molecule has 0 radical (unpaired) electrons. The number of rotatable bonds is 15. The van der Waals surface area contributed by atoms with Crippen LogP contribution in [0, 0.1) is 26.3 Å². The number of nitrogens with two attached hydrogens (primary N) is 2. The molecule has 6 N–H and O–H groups in total. The molecule has 0 atom stereocenters. The first-order valence-electron chi connectivity index (χ1n) is 20.8. The molecule has 0 bridgehead atoms. The highest BCUT2D eigenvalue weighted by molar-refractivity contribution is 5.82. The van der Waals surface area contributed by atoms with Gasteiger partial charge in [-0.3, -0.25) is 9.13 Å². The van der Waals surface area contributed by atoms with Gasteiger partial charge in [0.1, 0.15) is 34.2 Å². The summed E-state index contributed by atoms with van der Waals surface area (Å²) in [4.78, 5) is 59.2. The Labute approximate surface area is 369 Å². The van der Waals surface area contributed by atoms with Crippen molar-refractivity contribution in [1.29, 1.82) is 0 Å². The lowest BCUT2D eigenvalue weighted by molar-refractivity contribution is 0.462. The molecule has 0 unspecified atom stereocenters. The zero-order valence-corrected chi connectivity index (χ0v) is 35.0. The predicted molar refractivity (Wildman–Crippen MR) is 246 cm³/mol. The third-order valence-corrected chi connectivity index (χ3v) is 10.6. The van der Waals surface area contributed by atoms with Gasteiger partial charge < -0.3 is 35.8 Å². The summed E-state index contributed by atoms with van der Waals surface area (Å²) in [7, 11) is 0. The first kappa shape index (κ1) is 44.2. The number of nitrogen functional groups attached to an aromatic ring is 2. The van der Waals surface area contributed by atoms with Gasteiger partial charge >= 0.3 is 11.4 Å². The van der Waals surface area contributed by atoms with Crippen molar-refractivity contribution >= 4 is 34.0 Å². The van der Waals surface area contributed by atoms with Crippen LogP contribution < -0.4 is 32.3 Å². The van der Waals surface area contributed by atoms with Crippen LogP contribution in [-0.4, -0.2) is 55.6 Å². The molecule has 1 aliphatic carbocycles. The molecular weight excluding hydrogens is 811 g/mol. The van der Waals surface area contributed by atoms with E-state index in [1.807, 2.05) is 48.5 Å². The second-order valence-electron chi connectivity index (χ2n) is 15.6. The molecule has 17 nitrogen and oxygen atoms in total. The highest BCUT2D eigenvalue weighted by atomic mass is 16.5. The highest BCUT2D eigenvalue weighted by Gasteiger charge is 2.20. The number of anilines is 2. The molecule has 1 aliphatic rings. The molecule has 1 saturated carbocycles. The molecule has 1 fully saturated rings. The van der Waals surface area contributed by atoms with Crippen molar-refractivity contribution < 1.29 is 9.47 Å². The van der Waals surface area contributed by atoms with Gasteiger partial charge in [0.25, 0.3) is 0 Å². The van der Waals surface area contributed by atoms with Crippen LogP contribution in [0.3, 0.4) is 0 Å². The van der Waals surface area contributed by atoms with Crippen molar-refractivity contribution in [3.63, 3.8) is 0 Å². The summed E-state index contributed by atoms with van der Waals surface area (Å²) in [6, 6.07) is 23.4. The summed E-state index contributed by atoms with van der Waals surface area (Å²) >= 11 is 0. The van der Waals surface area contributed by atoms with Crippen LogP contribution in [0.4, 0.5) is 11.6 Å². The van der Waals surface area contributed by atoms with E-state index in [1.54, 1.807) is 38.4 Å². The average molecular weight is 862 g/mol. The molecule has 64 heavy (non-hydrogen) atoms. The maximum absolute atomic E-state index is 12.4. The third kappa shape index (κ3) is 10.9. The van der Waals surface area contributed by atoms with Gasteiger partial charge in [-0.1, -0.05) is 56.7 Å². The first-order valence-corrected chi connectivity index (χ1v) is 20.8. The van der Waals surface area contributed by atoms with E-state index in [0.717, 1.165) is 48.5 Å². The number of hydrogen-bond acceptors (Lipinski definition) is 12. The number of nitrogens with one attached hydrogen (secondary N) is 2. The number of ether oxygens (including phenoxy) is 2. The van der Waals surface area contributed by atoms with Crippen molar-refractivity contribution in [2.75, 3.05) is 18.0 Å². The zero-order chi connectivity index (χ0) is 43.9. The van der Waals surface area contributed by atoms with Crippen LogP contribution in [0.1, 0.15) is 73.4 Å². The number of pyridine rings is 2. The lowest BCUT2D eigenvalue weighted by Crippen LogP contribution is -2.18.